The van der Waals surface area contributed by atoms with E-state index in [1.165, 1.54) is 4.90 Å². The number of aryl methyl sites for hydroxylation is 1. The second-order valence-corrected chi connectivity index (χ2v) is 10.00. The summed E-state index contributed by atoms with van der Waals surface area (Å²) in [7, 11) is 0. The number of carboxylic acids is 1. The molecule has 0 unspecified atom stereocenters. The molecule has 1 aromatic heterocycles. The van der Waals surface area contributed by atoms with E-state index in [1.807, 2.05) is 61.5 Å². The SMILES string of the molecule is Cc1oc(-c2ccccc2)nc1CCOc1cccc([C@@H]2CN(C(=O)OC(C)(C)C)C[C@H]2C(=O)O)c1. The van der Waals surface area contributed by atoms with Crippen LogP contribution in [-0.4, -0.2) is 52.4 Å². The lowest BCUT2D eigenvalue weighted by Gasteiger charge is -2.24. The fourth-order valence-corrected chi connectivity index (χ4v) is 4.33. The summed E-state index contributed by atoms with van der Waals surface area (Å²) >= 11 is 0. The number of rotatable bonds is 7. The first-order valence-corrected chi connectivity index (χ1v) is 12.1. The van der Waals surface area contributed by atoms with E-state index in [2.05, 4.69) is 4.98 Å². The number of benzene rings is 2. The smallest absolute Gasteiger partial charge is 0.410 e. The van der Waals surface area contributed by atoms with E-state index in [9.17, 15) is 14.7 Å². The highest BCUT2D eigenvalue weighted by atomic mass is 16.6. The molecule has 190 valence electrons. The molecule has 1 saturated heterocycles. The van der Waals surface area contributed by atoms with Crippen molar-refractivity contribution in [1.29, 1.82) is 0 Å². The summed E-state index contributed by atoms with van der Waals surface area (Å²) in [5.74, 6) is -0.0408. The Morgan fingerprint density at radius 1 is 1.11 bits per heavy atom. The van der Waals surface area contributed by atoms with Gasteiger partial charge in [0.1, 0.15) is 17.1 Å². The summed E-state index contributed by atoms with van der Waals surface area (Å²) in [5, 5.41) is 9.80. The van der Waals surface area contributed by atoms with Crippen LogP contribution >= 0.6 is 0 Å². The number of nitrogens with zero attached hydrogens (tertiary/aromatic N) is 2. The van der Waals surface area contributed by atoms with Crippen molar-refractivity contribution in [2.75, 3.05) is 19.7 Å². The van der Waals surface area contributed by atoms with Gasteiger partial charge in [0.15, 0.2) is 0 Å². The molecule has 0 aliphatic carbocycles. The number of carboxylic acid groups (broad SMARTS) is 1. The summed E-state index contributed by atoms with van der Waals surface area (Å²) < 4.78 is 17.2. The molecule has 0 saturated carbocycles. The van der Waals surface area contributed by atoms with Crippen LogP contribution in [-0.2, 0) is 16.0 Å². The average molecular weight is 493 g/mol. The zero-order chi connectivity index (χ0) is 25.9. The third-order valence-corrected chi connectivity index (χ3v) is 6.10. The van der Waals surface area contributed by atoms with Crippen LogP contribution in [0, 0.1) is 12.8 Å². The van der Waals surface area contributed by atoms with Gasteiger partial charge in [0, 0.05) is 31.0 Å². The van der Waals surface area contributed by atoms with Gasteiger partial charge in [-0.3, -0.25) is 4.79 Å². The van der Waals surface area contributed by atoms with Crippen LogP contribution in [0.4, 0.5) is 4.79 Å². The Bertz CT molecular complexity index is 1210. The molecule has 1 aliphatic heterocycles. The fourth-order valence-electron chi connectivity index (χ4n) is 4.33. The molecule has 1 amide bonds. The Morgan fingerprint density at radius 2 is 1.86 bits per heavy atom. The molecule has 8 nitrogen and oxygen atoms in total. The number of carbonyl (C=O) groups excluding carboxylic acids is 1. The minimum absolute atomic E-state index is 0.106. The Hall–Kier alpha value is -3.81. The summed E-state index contributed by atoms with van der Waals surface area (Å²) in [5.41, 5.74) is 1.92. The third kappa shape index (κ3) is 6.05. The van der Waals surface area contributed by atoms with Gasteiger partial charge in [0.25, 0.3) is 0 Å². The summed E-state index contributed by atoms with van der Waals surface area (Å²) in [6.45, 7) is 8.02. The summed E-state index contributed by atoms with van der Waals surface area (Å²) in [6.07, 6.45) is 0.0708. The molecular formula is C28H32N2O6. The quantitative estimate of drug-likeness (QED) is 0.477. The lowest BCUT2D eigenvalue weighted by molar-refractivity contribution is -0.141. The topological polar surface area (TPSA) is 102 Å². The lowest BCUT2D eigenvalue weighted by atomic mass is 9.89. The number of carbonyl (C=O) groups is 2. The second-order valence-electron chi connectivity index (χ2n) is 10.00. The van der Waals surface area contributed by atoms with Crippen molar-refractivity contribution in [3.05, 3.63) is 71.6 Å². The van der Waals surface area contributed by atoms with E-state index >= 15 is 0 Å². The summed E-state index contributed by atoms with van der Waals surface area (Å²) in [6, 6.07) is 17.1. The maximum absolute atomic E-state index is 12.5. The first-order chi connectivity index (χ1) is 17.1. The van der Waals surface area contributed by atoms with Crippen molar-refractivity contribution >= 4 is 12.1 Å². The van der Waals surface area contributed by atoms with Gasteiger partial charge in [-0.25, -0.2) is 9.78 Å². The maximum Gasteiger partial charge on any atom is 0.410 e. The van der Waals surface area contributed by atoms with E-state index in [1.54, 1.807) is 20.8 Å². The molecule has 36 heavy (non-hydrogen) atoms. The van der Waals surface area contributed by atoms with Crippen molar-refractivity contribution in [2.24, 2.45) is 5.92 Å². The van der Waals surface area contributed by atoms with Crippen LogP contribution in [0.1, 0.15) is 43.7 Å². The van der Waals surface area contributed by atoms with Crippen LogP contribution in [0.25, 0.3) is 11.5 Å². The normalized spacial score (nSPS) is 17.7. The van der Waals surface area contributed by atoms with Gasteiger partial charge in [-0.05, 0) is 57.5 Å². The Balaban J connectivity index is 1.41. The molecule has 4 rings (SSSR count). The molecule has 1 fully saturated rings. The van der Waals surface area contributed by atoms with Gasteiger partial charge < -0.3 is 23.9 Å². The standard InChI is InChI=1S/C28H32N2O6/c1-18-24(29-25(35-18)19-9-6-5-7-10-19)13-14-34-21-12-8-11-20(15-21)22-16-30(17-23(22)26(31)32)27(33)36-28(2,3)4/h5-12,15,22-23H,13-14,16-17H2,1-4H3,(H,31,32)/t22-,23+/m0/s1. The molecule has 2 heterocycles. The molecule has 0 bridgehead atoms. The molecule has 1 aliphatic rings. The Morgan fingerprint density at radius 3 is 2.56 bits per heavy atom. The van der Waals surface area contributed by atoms with E-state index < -0.39 is 23.6 Å². The third-order valence-electron chi connectivity index (χ3n) is 6.10. The molecule has 0 spiro atoms. The number of hydrogen-bond donors (Lipinski definition) is 1. The van der Waals surface area contributed by atoms with Gasteiger partial charge in [-0.2, -0.15) is 0 Å². The molecule has 2 aromatic carbocycles. The average Bonchev–Trinajstić information content (AvgIpc) is 3.44. The monoisotopic (exact) mass is 492 g/mol. The minimum atomic E-state index is -0.937. The van der Waals surface area contributed by atoms with Crippen molar-refractivity contribution < 1.29 is 28.6 Å². The zero-order valence-electron chi connectivity index (χ0n) is 21.1. The van der Waals surface area contributed by atoms with E-state index in [4.69, 9.17) is 13.9 Å². The van der Waals surface area contributed by atoms with Gasteiger partial charge in [0.05, 0.1) is 18.2 Å². The van der Waals surface area contributed by atoms with Crippen LogP contribution in [0.2, 0.25) is 0 Å². The van der Waals surface area contributed by atoms with Crippen molar-refractivity contribution in [2.45, 2.75) is 45.6 Å². The Kier molecular flexibility index (Phi) is 7.33. The first kappa shape index (κ1) is 25.3. The lowest BCUT2D eigenvalue weighted by Crippen LogP contribution is -2.35. The number of ether oxygens (including phenoxy) is 2. The first-order valence-electron chi connectivity index (χ1n) is 12.1. The molecule has 3 aromatic rings. The number of hydrogen-bond acceptors (Lipinski definition) is 6. The number of aliphatic carboxylic acids is 1. The highest BCUT2D eigenvalue weighted by Crippen LogP contribution is 2.35. The van der Waals surface area contributed by atoms with Gasteiger partial charge in [-0.15, -0.1) is 0 Å². The molecule has 2 atom stereocenters. The molecule has 0 radical (unpaired) electrons. The van der Waals surface area contributed by atoms with Crippen molar-refractivity contribution in [3.63, 3.8) is 0 Å². The summed E-state index contributed by atoms with van der Waals surface area (Å²) in [4.78, 5) is 30.6. The van der Waals surface area contributed by atoms with Crippen molar-refractivity contribution in [1.82, 2.24) is 9.88 Å². The van der Waals surface area contributed by atoms with Crippen molar-refractivity contribution in [3.8, 4) is 17.2 Å². The predicted molar refractivity (Wildman–Crippen MR) is 134 cm³/mol. The number of aromatic nitrogens is 1. The zero-order valence-corrected chi connectivity index (χ0v) is 21.1. The minimum Gasteiger partial charge on any atom is -0.493 e. The highest BCUT2D eigenvalue weighted by molar-refractivity contribution is 5.76. The fraction of sp³-hybridized carbons (Fsp3) is 0.393. The second kappa shape index (κ2) is 10.4. The van der Waals surface area contributed by atoms with Crippen LogP contribution in [0.5, 0.6) is 5.75 Å². The van der Waals surface area contributed by atoms with Gasteiger partial charge in [-0.1, -0.05) is 30.3 Å². The van der Waals surface area contributed by atoms with Gasteiger partial charge >= 0.3 is 12.1 Å². The molecule has 8 heteroatoms. The van der Waals surface area contributed by atoms with Gasteiger partial charge in [0.2, 0.25) is 5.89 Å². The Labute approximate surface area is 210 Å². The largest absolute Gasteiger partial charge is 0.493 e. The number of amides is 1. The van der Waals surface area contributed by atoms with Crippen LogP contribution < -0.4 is 4.74 Å². The van der Waals surface area contributed by atoms with E-state index in [0.29, 0.717) is 24.7 Å². The number of oxazole rings is 1. The van der Waals surface area contributed by atoms with E-state index in [0.717, 1.165) is 22.6 Å². The van der Waals surface area contributed by atoms with E-state index in [-0.39, 0.29) is 19.0 Å². The number of likely N-dealkylation sites (tertiary alicyclic amines) is 1. The molecule has 1 N–H and O–H groups in total. The maximum atomic E-state index is 12.5. The van der Waals surface area contributed by atoms with Crippen LogP contribution in [0.15, 0.2) is 59.0 Å². The highest BCUT2D eigenvalue weighted by Gasteiger charge is 2.42. The van der Waals surface area contributed by atoms with Crippen LogP contribution in [0.3, 0.4) is 0 Å². The predicted octanol–water partition coefficient (Wildman–Crippen LogP) is 5.31. The molecular weight excluding hydrogens is 460 g/mol.